The summed E-state index contributed by atoms with van der Waals surface area (Å²) in [6, 6.07) is 10.7. The minimum atomic E-state index is -0.742. The van der Waals surface area contributed by atoms with Gasteiger partial charge in [-0.1, -0.05) is 12.1 Å². The summed E-state index contributed by atoms with van der Waals surface area (Å²) in [7, 11) is 1.92. The van der Waals surface area contributed by atoms with Crippen LogP contribution in [0.5, 0.6) is 0 Å². The van der Waals surface area contributed by atoms with E-state index in [-0.39, 0.29) is 12.2 Å². The molecule has 1 heterocycles. The van der Waals surface area contributed by atoms with Crippen LogP contribution in [0.15, 0.2) is 42.5 Å². The van der Waals surface area contributed by atoms with Crippen molar-refractivity contribution in [1.29, 1.82) is 0 Å². The van der Waals surface area contributed by atoms with E-state index >= 15 is 0 Å². The summed E-state index contributed by atoms with van der Waals surface area (Å²) >= 11 is 0. The number of nitrogens with zero attached hydrogens (tertiary/aromatic N) is 2. The van der Waals surface area contributed by atoms with Crippen LogP contribution in [0.1, 0.15) is 19.7 Å². The van der Waals surface area contributed by atoms with E-state index in [0.29, 0.717) is 0 Å². The van der Waals surface area contributed by atoms with Gasteiger partial charge < -0.3 is 9.88 Å². The molecule has 3 aromatic rings. The van der Waals surface area contributed by atoms with Gasteiger partial charge in [0.15, 0.2) is 0 Å². The van der Waals surface area contributed by atoms with E-state index in [1.54, 1.807) is 0 Å². The summed E-state index contributed by atoms with van der Waals surface area (Å²) < 4.78 is 28.4. The minimum Gasteiger partial charge on any atom is -0.330 e. The molecule has 0 spiro atoms. The highest BCUT2D eigenvalue weighted by atomic mass is 19.1. The number of benzene rings is 2. The maximum absolute atomic E-state index is 13.2. The lowest BCUT2D eigenvalue weighted by Crippen LogP contribution is -2.43. The molecule has 1 aromatic heterocycles. The number of aromatic nitrogens is 2. The topological polar surface area (TPSA) is 59.0 Å². The first-order chi connectivity index (χ1) is 12.3. The SMILES string of the molecule is Cn1c(C(C)(C)NCC(=O)Nc2cc(F)cc(F)c2)nc2ccccc21. The van der Waals surface area contributed by atoms with Crippen molar-refractivity contribution in [3.63, 3.8) is 0 Å². The summed E-state index contributed by atoms with van der Waals surface area (Å²) in [5.41, 5.74) is 1.37. The average molecular weight is 358 g/mol. The number of para-hydroxylation sites is 2. The van der Waals surface area contributed by atoms with E-state index in [0.717, 1.165) is 35.1 Å². The van der Waals surface area contributed by atoms with Crippen LogP contribution < -0.4 is 10.6 Å². The molecule has 3 rings (SSSR count). The molecule has 2 aromatic carbocycles. The van der Waals surface area contributed by atoms with Crippen molar-refractivity contribution in [1.82, 2.24) is 14.9 Å². The van der Waals surface area contributed by atoms with E-state index in [2.05, 4.69) is 15.6 Å². The maximum Gasteiger partial charge on any atom is 0.238 e. The second-order valence-electron chi connectivity index (χ2n) is 6.67. The second kappa shape index (κ2) is 6.84. The van der Waals surface area contributed by atoms with Crippen molar-refractivity contribution >= 4 is 22.6 Å². The van der Waals surface area contributed by atoms with Crippen LogP contribution in [-0.4, -0.2) is 22.0 Å². The fourth-order valence-corrected chi connectivity index (χ4v) is 2.92. The molecule has 0 radical (unpaired) electrons. The Morgan fingerprint density at radius 1 is 1.15 bits per heavy atom. The molecule has 0 bridgehead atoms. The number of carbonyl (C=O) groups excluding carboxylic acids is 1. The third-order valence-electron chi connectivity index (χ3n) is 4.18. The number of amides is 1. The molecule has 0 aliphatic heterocycles. The quantitative estimate of drug-likeness (QED) is 0.736. The summed E-state index contributed by atoms with van der Waals surface area (Å²) in [5.74, 6) is -1.10. The fourth-order valence-electron chi connectivity index (χ4n) is 2.92. The lowest BCUT2D eigenvalue weighted by molar-refractivity contribution is -0.115. The van der Waals surface area contributed by atoms with Crippen molar-refractivity contribution in [3.05, 3.63) is 59.9 Å². The maximum atomic E-state index is 13.2. The Bertz CT molecular complexity index is 945. The zero-order valence-corrected chi connectivity index (χ0v) is 14.8. The molecular weight excluding hydrogens is 338 g/mol. The standard InChI is InChI=1S/C19H20F2N4O/c1-19(2,18-24-15-6-4-5-7-16(15)25(18)3)22-11-17(26)23-14-9-12(20)8-13(21)10-14/h4-10,22H,11H2,1-3H3,(H,23,26). The molecule has 5 nitrogen and oxygen atoms in total. The number of aryl methyl sites for hydroxylation is 1. The van der Waals surface area contributed by atoms with Crippen molar-refractivity contribution in [2.45, 2.75) is 19.4 Å². The van der Waals surface area contributed by atoms with E-state index in [9.17, 15) is 13.6 Å². The van der Waals surface area contributed by atoms with E-state index < -0.39 is 23.1 Å². The van der Waals surface area contributed by atoms with Crippen molar-refractivity contribution in [2.24, 2.45) is 7.05 Å². The monoisotopic (exact) mass is 358 g/mol. The lowest BCUT2D eigenvalue weighted by atomic mass is 10.0. The predicted molar refractivity (Wildman–Crippen MR) is 96.7 cm³/mol. The Labute approximate surface area is 150 Å². The van der Waals surface area contributed by atoms with Crippen molar-refractivity contribution < 1.29 is 13.6 Å². The first-order valence-electron chi connectivity index (χ1n) is 8.19. The Morgan fingerprint density at radius 2 is 1.81 bits per heavy atom. The van der Waals surface area contributed by atoms with Crippen molar-refractivity contribution in [3.8, 4) is 0 Å². The molecule has 0 unspecified atom stereocenters. The summed E-state index contributed by atoms with van der Waals surface area (Å²) in [5, 5.41) is 5.62. The summed E-state index contributed by atoms with van der Waals surface area (Å²) in [6.45, 7) is 3.81. The largest absolute Gasteiger partial charge is 0.330 e. The van der Waals surface area contributed by atoms with Crippen LogP contribution in [0.4, 0.5) is 14.5 Å². The zero-order valence-electron chi connectivity index (χ0n) is 14.8. The average Bonchev–Trinajstić information content (AvgIpc) is 2.90. The summed E-state index contributed by atoms with van der Waals surface area (Å²) in [6.07, 6.45) is 0. The van der Waals surface area contributed by atoms with Gasteiger partial charge in [-0.3, -0.25) is 10.1 Å². The number of carbonyl (C=O) groups is 1. The molecule has 26 heavy (non-hydrogen) atoms. The number of imidazole rings is 1. The Balaban J connectivity index is 1.70. The Morgan fingerprint density at radius 3 is 2.46 bits per heavy atom. The molecule has 0 fully saturated rings. The number of anilines is 1. The number of halogens is 2. The Hall–Kier alpha value is -2.80. The van der Waals surface area contributed by atoms with E-state index in [1.807, 2.05) is 49.7 Å². The molecule has 0 saturated carbocycles. The lowest BCUT2D eigenvalue weighted by Gasteiger charge is -2.25. The van der Waals surface area contributed by atoms with Crippen LogP contribution in [0, 0.1) is 11.6 Å². The summed E-state index contributed by atoms with van der Waals surface area (Å²) in [4.78, 5) is 16.8. The van der Waals surface area contributed by atoms with Crippen LogP contribution in [0.2, 0.25) is 0 Å². The number of fused-ring (bicyclic) bond motifs is 1. The first kappa shape index (κ1) is 18.0. The molecule has 136 valence electrons. The molecule has 0 atom stereocenters. The number of rotatable bonds is 5. The van der Waals surface area contributed by atoms with Gasteiger partial charge in [0, 0.05) is 18.8 Å². The van der Waals surface area contributed by atoms with Crippen LogP contribution in [-0.2, 0) is 17.4 Å². The van der Waals surface area contributed by atoms with Gasteiger partial charge in [0.25, 0.3) is 0 Å². The highest BCUT2D eigenvalue weighted by Gasteiger charge is 2.26. The second-order valence-corrected chi connectivity index (χ2v) is 6.67. The minimum absolute atomic E-state index is 0.0334. The number of hydrogen-bond acceptors (Lipinski definition) is 3. The highest BCUT2D eigenvalue weighted by Crippen LogP contribution is 2.23. The van der Waals surface area contributed by atoms with Gasteiger partial charge >= 0.3 is 0 Å². The number of hydrogen-bond donors (Lipinski definition) is 2. The molecule has 1 amide bonds. The first-order valence-corrected chi connectivity index (χ1v) is 8.19. The van der Waals surface area contributed by atoms with Crippen LogP contribution >= 0.6 is 0 Å². The normalized spacial score (nSPS) is 11.7. The molecular formula is C19H20F2N4O. The molecule has 0 aliphatic carbocycles. The van der Waals surface area contributed by atoms with E-state index in [4.69, 9.17) is 0 Å². The molecule has 0 aliphatic rings. The van der Waals surface area contributed by atoms with Gasteiger partial charge in [-0.25, -0.2) is 13.8 Å². The van der Waals surface area contributed by atoms with Gasteiger partial charge in [0.2, 0.25) is 5.91 Å². The van der Waals surface area contributed by atoms with Gasteiger partial charge in [-0.15, -0.1) is 0 Å². The fraction of sp³-hybridized carbons (Fsp3) is 0.263. The van der Waals surface area contributed by atoms with E-state index in [1.165, 1.54) is 0 Å². The predicted octanol–water partition coefficient (Wildman–Crippen LogP) is 3.31. The van der Waals surface area contributed by atoms with Crippen LogP contribution in [0.25, 0.3) is 11.0 Å². The number of nitrogens with one attached hydrogen (secondary N) is 2. The third kappa shape index (κ3) is 3.72. The van der Waals surface area contributed by atoms with Gasteiger partial charge in [0.1, 0.15) is 17.5 Å². The highest BCUT2D eigenvalue weighted by molar-refractivity contribution is 5.92. The molecule has 2 N–H and O–H groups in total. The third-order valence-corrected chi connectivity index (χ3v) is 4.18. The Kier molecular flexibility index (Phi) is 4.73. The van der Waals surface area contributed by atoms with Crippen molar-refractivity contribution in [2.75, 3.05) is 11.9 Å². The zero-order chi connectivity index (χ0) is 18.9. The van der Waals surface area contributed by atoms with Gasteiger partial charge in [-0.05, 0) is 38.1 Å². The molecule has 7 heteroatoms. The smallest absolute Gasteiger partial charge is 0.238 e. The molecule has 0 saturated heterocycles. The van der Waals surface area contributed by atoms with Gasteiger partial charge in [0.05, 0.1) is 23.1 Å². The van der Waals surface area contributed by atoms with Crippen LogP contribution in [0.3, 0.4) is 0 Å². The van der Waals surface area contributed by atoms with Gasteiger partial charge in [-0.2, -0.15) is 0 Å².